The van der Waals surface area contributed by atoms with Crippen molar-refractivity contribution >= 4 is 0 Å². The molecule has 0 saturated carbocycles. The summed E-state index contributed by atoms with van der Waals surface area (Å²) in [6.07, 6.45) is -24.7. The molecule has 4 saturated heterocycles. The summed E-state index contributed by atoms with van der Waals surface area (Å²) in [5.41, 5.74) is 0. The first kappa shape index (κ1) is 37.0. The summed E-state index contributed by atoms with van der Waals surface area (Å²) in [5, 5.41) is 142. The first-order valence-electron chi connectivity index (χ1n) is 14.0. The standard InChI is InChI=1S/C24H42O21/c25-1-8-12(30)16(34)17(35)21(41-8)45-24(7-29)20(38)15(33)11(44-24)4-40-23(6-28)19(37)14(32)10(43-23)3-39-22(5-27)18(36)13(31)9(2-26)42-22/h8-21,25-38H,1-7H2/t8?,9-,10-,11+,12-,13?,14?,15?,16+,17?,18-,19-,20-,21+,22-,23-,24+/m1/s1. The van der Waals surface area contributed by atoms with Crippen LogP contribution in [0.15, 0.2) is 0 Å². The van der Waals surface area contributed by atoms with Gasteiger partial charge in [-0.25, -0.2) is 0 Å². The third-order valence-electron chi connectivity index (χ3n) is 8.51. The molecule has 0 radical (unpaired) electrons. The highest BCUT2D eigenvalue weighted by atomic mass is 16.8. The molecule has 0 spiro atoms. The van der Waals surface area contributed by atoms with Crippen LogP contribution in [-0.4, -0.2) is 221 Å². The van der Waals surface area contributed by atoms with Crippen molar-refractivity contribution in [1.29, 1.82) is 0 Å². The van der Waals surface area contributed by atoms with Crippen LogP contribution in [0.1, 0.15) is 0 Å². The highest BCUT2D eigenvalue weighted by Gasteiger charge is 2.61. The van der Waals surface area contributed by atoms with Gasteiger partial charge < -0.3 is 105 Å². The topological polar surface area (TPSA) is 348 Å². The van der Waals surface area contributed by atoms with Crippen LogP contribution in [0.4, 0.5) is 0 Å². The molecule has 0 aromatic heterocycles. The van der Waals surface area contributed by atoms with Gasteiger partial charge in [0, 0.05) is 0 Å². The Kier molecular flexibility index (Phi) is 11.8. The van der Waals surface area contributed by atoms with Gasteiger partial charge in [0.25, 0.3) is 0 Å². The van der Waals surface area contributed by atoms with Crippen molar-refractivity contribution in [1.82, 2.24) is 0 Å². The minimum Gasteiger partial charge on any atom is -0.394 e. The van der Waals surface area contributed by atoms with E-state index in [0.29, 0.717) is 0 Å². The van der Waals surface area contributed by atoms with E-state index >= 15 is 0 Å². The number of hydrogen-bond acceptors (Lipinski definition) is 21. The van der Waals surface area contributed by atoms with Crippen molar-refractivity contribution in [3.05, 3.63) is 0 Å². The van der Waals surface area contributed by atoms with Gasteiger partial charge in [-0.3, -0.25) is 0 Å². The van der Waals surface area contributed by atoms with E-state index in [9.17, 15) is 71.5 Å². The fraction of sp³-hybridized carbons (Fsp3) is 1.00. The summed E-state index contributed by atoms with van der Waals surface area (Å²) in [6, 6.07) is 0. The molecule has 14 N–H and O–H groups in total. The molecular formula is C24H42O21. The van der Waals surface area contributed by atoms with E-state index in [1.165, 1.54) is 0 Å². The molecule has 4 fully saturated rings. The first-order valence-corrected chi connectivity index (χ1v) is 14.0. The molecule has 4 aliphatic rings. The van der Waals surface area contributed by atoms with E-state index in [2.05, 4.69) is 0 Å². The molecule has 264 valence electrons. The van der Waals surface area contributed by atoms with E-state index in [0.717, 1.165) is 0 Å². The van der Waals surface area contributed by atoms with Crippen molar-refractivity contribution in [2.24, 2.45) is 0 Å². The molecule has 0 aromatic carbocycles. The van der Waals surface area contributed by atoms with Crippen LogP contribution in [-0.2, 0) is 33.2 Å². The average Bonchev–Trinajstić information content (AvgIpc) is 3.55. The number of ether oxygens (including phenoxy) is 7. The van der Waals surface area contributed by atoms with E-state index in [-0.39, 0.29) is 0 Å². The molecule has 4 rings (SSSR count). The van der Waals surface area contributed by atoms with Crippen LogP contribution >= 0.6 is 0 Å². The molecule has 17 atom stereocenters. The summed E-state index contributed by atoms with van der Waals surface area (Å²) in [7, 11) is 0. The normalized spacial score (nSPS) is 52.1. The summed E-state index contributed by atoms with van der Waals surface area (Å²) in [5.74, 6) is -7.20. The summed E-state index contributed by atoms with van der Waals surface area (Å²) in [6.45, 7) is -6.40. The lowest BCUT2D eigenvalue weighted by Crippen LogP contribution is -2.62. The summed E-state index contributed by atoms with van der Waals surface area (Å²) < 4.78 is 37.8. The Balaban J connectivity index is 1.42. The van der Waals surface area contributed by atoms with Gasteiger partial charge in [-0.15, -0.1) is 0 Å². The van der Waals surface area contributed by atoms with E-state index < -0.39 is 149 Å². The van der Waals surface area contributed by atoms with Crippen molar-refractivity contribution in [3.8, 4) is 0 Å². The van der Waals surface area contributed by atoms with Gasteiger partial charge in [0.2, 0.25) is 17.4 Å². The maximum absolute atomic E-state index is 10.7. The molecule has 5 unspecified atom stereocenters. The second-order valence-corrected chi connectivity index (χ2v) is 11.3. The average molecular weight is 667 g/mol. The number of rotatable bonds is 13. The van der Waals surface area contributed by atoms with E-state index in [1.807, 2.05) is 0 Å². The quantitative estimate of drug-likeness (QED) is 0.0867. The van der Waals surface area contributed by atoms with Crippen molar-refractivity contribution in [2.75, 3.05) is 46.2 Å². The van der Waals surface area contributed by atoms with Crippen molar-refractivity contribution in [2.45, 2.75) is 103 Å². The van der Waals surface area contributed by atoms with Gasteiger partial charge >= 0.3 is 0 Å². The molecule has 21 nitrogen and oxygen atoms in total. The van der Waals surface area contributed by atoms with Gasteiger partial charge in [-0.05, 0) is 0 Å². The highest BCUT2D eigenvalue weighted by Crippen LogP contribution is 2.39. The van der Waals surface area contributed by atoms with E-state index in [1.54, 1.807) is 0 Å². The smallest absolute Gasteiger partial charge is 0.224 e. The predicted octanol–water partition coefficient (Wildman–Crippen LogP) is -9.74. The fourth-order valence-corrected chi connectivity index (χ4v) is 5.65. The van der Waals surface area contributed by atoms with Crippen LogP contribution in [0.2, 0.25) is 0 Å². The largest absolute Gasteiger partial charge is 0.394 e. The monoisotopic (exact) mass is 666 g/mol. The predicted molar refractivity (Wildman–Crippen MR) is 134 cm³/mol. The molecule has 4 heterocycles. The number of aliphatic hydroxyl groups excluding tert-OH is 14. The fourth-order valence-electron chi connectivity index (χ4n) is 5.65. The zero-order valence-electron chi connectivity index (χ0n) is 23.7. The number of aliphatic hydroxyl groups is 14. The van der Waals surface area contributed by atoms with Gasteiger partial charge in [0.15, 0.2) is 6.29 Å². The van der Waals surface area contributed by atoms with Gasteiger partial charge in [0.05, 0.1) is 26.4 Å². The Bertz CT molecular complexity index is 962. The maximum Gasteiger partial charge on any atom is 0.224 e. The minimum atomic E-state index is -2.53. The lowest BCUT2D eigenvalue weighted by atomic mass is 9.99. The third kappa shape index (κ3) is 6.49. The van der Waals surface area contributed by atoms with Crippen LogP contribution in [0.25, 0.3) is 0 Å². The van der Waals surface area contributed by atoms with Crippen molar-refractivity contribution in [3.63, 3.8) is 0 Å². The minimum absolute atomic E-state index is 0.729. The lowest BCUT2D eigenvalue weighted by molar-refractivity contribution is -0.385. The molecular weight excluding hydrogens is 624 g/mol. The Hall–Kier alpha value is -0.840. The Morgan fingerprint density at radius 3 is 1.27 bits per heavy atom. The van der Waals surface area contributed by atoms with Gasteiger partial charge in [0.1, 0.15) is 99.2 Å². The summed E-state index contributed by atoms with van der Waals surface area (Å²) >= 11 is 0. The van der Waals surface area contributed by atoms with Crippen LogP contribution < -0.4 is 0 Å². The first-order chi connectivity index (χ1) is 21.2. The molecule has 45 heavy (non-hydrogen) atoms. The third-order valence-corrected chi connectivity index (χ3v) is 8.51. The zero-order chi connectivity index (χ0) is 33.5. The second kappa shape index (κ2) is 14.3. The summed E-state index contributed by atoms with van der Waals surface area (Å²) in [4.78, 5) is 0. The molecule has 4 aliphatic heterocycles. The van der Waals surface area contributed by atoms with Crippen molar-refractivity contribution < 1.29 is 105 Å². The second-order valence-electron chi connectivity index (χ2n) is 11.3. The SMILES string of the molecule is OCC1O[C@@H](O[C@]2(CO)O[C@@H](CO[C@]3(CO)O[C@H](CO[C@]4(CO)O[C@H](CO)C(O)[C@H]4O)C(O)[C@H]3O)C(O)[C@H]2O)C(O)[C@@H](O)[C@@H]1O. The molecule has 0 bridgehead atoms. The molecule has 0 amide bonds. The number of hydrogen-bond donors (Lipinski definition) is 14. The maximum atomic E-state index is 10.7. The molecule has 21 heteroatoms. The van der Waals surface area contributed by atoms with Crippen LogP contribution in [0.5, 0.6) is 0 Å². The Morgan fingerprint density at radius 1 is 0.444 bits per heavy atom. The Labute approximate surface area is 254 Å². The van der Waals surface area contributed by atoms with Gasteiger partial charge in [-0.2, -0.15) is 0 Å². The molecule has 0 aliphatic carbocycles. The Morgan fingerprint density at radius 2 is 0.844 bits per heavy atom. The van der Waals surface area contributed by atoms with Crippen LogP contribution in [0, 0.1) is 0 Å². The van der Waals surface area contributed by atoms with Gasteiger partial charge in [-0.1, -0.05) is 0 Å². The lowest BCUT2D eigenvalue weighted by Gasteiger charge is -2.43. The van der Waals surface area contributed by atoms with Crippen LogP contribution in [0.3, 0.4) is 0 Å². The van der Waals surface area contributed by atoms with E-state index in [4.69, 9.17) is 33.2 Å². The molecule has 0 aromatic rings. The highest BCUT2D eigenvalue weighted by molar-refractivity contribution is 5.02. The zero-order valence-corrected chi connectivity index (χ0v) is 23.7.